The molecule has 3 rings (SSSR count). The van der Waals surface area contributed by atoms with Gasteiger partial charge in [0.25, 0.3) is 0 Å². The average Bonchev–Trinajstić information content (AvgIpc) is 2.89. The van der Waals surface area contributed by atoms with Gasteiger partial charge in [-0.1, -0.05) is 23.2 Å². The molecule has 0 bridgehead atoms. The number of fused-ring (bicyclic) bond motifs is 1. The summed E-state index contributed by atoms with van der Waals surface area (Å²) in [4.78, 5) is 13.1. The highest BCUT2D eigenvalue weighted by atomic mass is 35.5. The molecule has 0 saturated carbocycles. The van der Waals surface area contributed by atoms with E-state index < -0.39 is 12.6 Å². The molecular weight excluding hydrogens is 398 g/mol. The number of benzene rings is 1. The van der Waals surface area contributed by atoms with Crippen LogP contribution in [0.15, 0.2) is 34.6 Å². The van der Waals surface area contributed by atoms with Gasteiger partial charge in [-0.25, -0.2) is 15.0 Å². The van der Waals surface area contributed by atoms with Gasteiger partial charge >= 0.3 is 6.18 Å². The zero-order valence-corrected chi connectivity index (χ0v) is 14.7. The van der Waals surface area contributed by atoms with Crippen LogP contribution in [0.4, 0.5) is 19.0 Å². The summed E-state index contributed by atoms with van der Waals surface area (Å²) in [5.74, 6) is 0.342. The Labute approximate surface area is 154 Å². The number of imidazole rings is 1. The van der Waals surface area contributed by atoms with Crippen molar-refractivity contribution >= 4 is 40.8 Å². The van der Waals surface area contributed by atoms with E-state index in [0.717, 1.165) is 0 Å². The molecule has 0 fully saturated rings. The number of nitrogens with two attached hydrogens (primary N) is 1. The zero-order valence-electron chi connectivity index (χ0n) is 12.4. The summed E-state index contributed by atoms with van der Waals surface area (Å²) in [6.45, 7) is -0.320. The third-order valence-corrected chi connectivity index (χ3v) is 4.43. The van der Waals surface area contributed by atoms with Crippen molar-refractivity contribution < 1.29 is 13.2 Å². The number of nitrogens with zero attached hydrogens (tertiary/aromatic N) is 4. The number of aryl methyl sites for hydroxylation is 1. The Hall–Kier alpha value is -1.71. The largest absolute Gasteiger partial charge is 0.390 e. The molecule has 5 nitrogen and oxygen atoms in total. The van der Waals surface area contributed by atoms with Crippen molar-refractivity contribution in [2.45, 2.75) is 29.2 Å². The second-order valence-electron chi connectivity index (χ2n) is 5.07. The van der Waals surface area contributed by atoms with Gasteiger partial charge in [0.15, 0.2) is 22.5 Å². The normalized spacial score (nSPS) is 12.0. The van der Waals surface area contributed by atoms with Crippen molar-refractivity contribution in [3.63, 3.8) is 0 Å². The molecule has 25 heavy (non-hydrogen) atoms. The monoisotopic (exact) mass is 407 g/mol. The van der Waals surface area contributed by atoms with Crippen LogP contribution in [0.2, 0.25) is 10.0 Å². The Balaban J connectivity index is 1.92. The van der Waals surface area contributed by atoms with Crippen molar-refractivity contribution in [3.8, 4) is 11.5 Å². The number of rotatable bonds is 4. The highest BCUT2D eigenvalue weighted by molar-refractivity contribution is 7.99. The van der Waals surface area contributed by atoms with Crippen LogP contribution in [0.3, 0.4) is 0 Å². The maximum absolute atomic E-state index is 12.5. The number of hydrogen-bond donors (Lipinski definition) is 1. The van der Waals surface area contributed by atoms with Gasteiger partial charge in [-0.2, -0.15) is 13.2 Å². The molecule has 0 spiro atoms. The van der Waals surface area contributed by atoms with Crippen LogP contribution < -0.4 is 5.73 Å². The van der Waals surface area contributed by atoms with Crippen molar-refractivity contribution in [1.82, 2.24) is 19.5 Å². The predicted octanol–water partition coefficient (Wildman–Crippen LogP) is 4.77. The molecule has 2 aliphatic rings. The van der Waals surface area contributed by atoms with Gasteiger partial charge in [-0.3, -0.25) is 0 Å². The molecule has 0 aromatic heterocycles. The quantitative estimate of drug-likeness (QED) is 0.674. The van der Waals surface area contributed by atoms with E-state index in [4.69, 9.17) is 28.9 Å². The van der Waals surface area contributed by atoms with Gasteiger partial charge in [-0.05, 0) is 30.0 Å². The van der Waals surface area contributed by atoms with E-state index in [1.165, 1.54) is 22.7 Å². The molecule has 0 unspecified atom stereocenters. The van der Waals surface area contributed by atoms with Crippen LogP contribution in [0.1, 0.15) is 6.42 Å². The number of nitrogen functional groups attached to an aromatic ring is 1. The first kappa shape index (κ1) is 18.1. The van der Waals surface area contributed by atoms with Crippen LogP contribution in [-0.2, 0) is 6.54 Å². The van der Waals surface area contributed by atoms with Crippen LogP contribution in [0.25, 0.3) is 11.5 Å². The topological polar surface area (TPSA) is 69.6 Å². The van der Waals surface area contributed by atoms with Crippen molar-refractivity contribution in [2.24, 2.45) is 0 Å². The Morgan fingerprint density at radius 2 is 1.80 bits per heavy atom. The summed E-state index contributed by atoms with van der Waals surface area (Å²) in [7, 11) is 0. The van der Waals surface area contributed by atoms with E-state index in [1.807, 2.05) is 0 Å². The number of alkyl halides is 3. The van der Waals surface area contributed by atoms with Crippen LogP contribution in [0.5, 0.6) is 0 Å². The minimum Gasteiger partial charge on any atom is -0.382 e. The molecule has 0 radical (unpaired) electrons. The van der Waals surface area contributed by atoms with Crippen LogP contribution in [0, 0.1) is 0 Å². The molecule has 0 atom stereocenters. The third-order valence-electron chi connectivity index (χ3n) is 3.15. The first-order valence-corrected chi connectivity index (χ1v) is 8.47. The lowest BCUT2D eigenvalue weighted by Crippen LogP contribution is -2.15. The zero-order chi connectivity index (χ0) is 18.2. The lowest BCUT2D eigenvalue weighted by atomic mass is 10.3. The summed E-state index contributed by atoms with van der Waals surface area (Å²) in [5.41, 5.74) is 6.01. The first-order valence-electron chi connectivity index (χ1n) is 6.90. The predicted molar refractivity (Wildman–Crippen MR) is 90.1 cm³/mol. The van der Waals surface area contributed by atoms with Gasteiger partial charge < -0.3 is 10.3 Å². The first-order chi connectivity index (χ1) is 11.7. The van der Waals surface area contributed by atoms with E-state index in [-0.39, 0.29) is 23.9 Å². The van der Waals surface area contributed by atoms with Gasteiger partial charge in [-0.15, -0.1) is 0 Å². The second-order valence-corrected chi connectivity index (χ2v) is 6.99. The number of aromatic nitrogens is 4. The molecule has 11 heteroatoms. The number of hydrogen-bond acceptors (Lipinski definition) is 5. The maximum atomic E-state index is 12.5. The third kappa shape index (κ3) is 4.47. The van der Waals surface area contributed by atoms with Crippen LogP contribution >= 0.6 is 35.0 Å². The fourth-order valence-electron chi connectivity index (χ4n) is 2.08. The lowest BCUT2D eigenvalue weighted by molar-refractivity contribution is -0.136. The molecule has 132 valence electrons. The van der Waals surface area contributed by atoms with Gasteiger partial charge in [0, 0.05) is 21.5 Å². The minimum absolute atomic E-state index is 0.0988. The maximum Gasteiger partial charge on any atom is 0.390 e. The van der Waals surface area contributed by atoms with E-state index in [9.17, 15) is 13.2 Å². The van der Waals surface area contributed by atoms with Crippen molar-refractivity contribution in [2.75, 3.05) is 5.73 Å². The smallest absolute Gasteiger partial charge is 0.382 e. The lowest BCUT2D eigenvalue weighted by Gasteiger charge is -2.12. The molecule has 0 saturated heterocycles. The minimum atomic E-state index is -4.28. The molecule has 2 heterocycles. The van der Waals surface area contributed by atoms with Crippen LogP contribution in [-0.4, -0.2) is 25.7 Å². The van der Waals surface area contributed by atoms with E-state index in [0.29, 0.717) is 20.1 Å². The highest BCUT2D eigenvalue weighted by Crippen LogP contribution is 2.34. The van der Waals surface area contributed by atoms with E-state index in [1.54, 1.807) is 18.2 Å². The molecular formula is C14H10Cl2F3N5S. The fraction of sp³-hybridized carbons (Fsp3) is 0.214. The highest BCUT2D eigenvalue weighted by Gasteiger charge is 2.28. The Bertz CT molecular complexity index is 863. The van der Waals surface area contributed by atoms with Gasteiger partial charge in [0.2, 0.25) is 0 Å². The molecule has 2 N–H and O–H groups in total. The SMILES string of the molecule is Nc1ncn(CCC(F)(F)F)c2nc(Sc3cc(Cl)cc(Cl)c3)nc1-2. The summed E-state index contributed by atoms with van der Waals surface area (Å²) >= 11 is 13.1. The summed E-state index contributed by atoms with van der Waals surface area (Å²) in [6.07, 6.45) is -4.06. The van der Waals surface area contributed by atoms with Gasteiger partial charge in [0.1, 0.15) is 0 Å². The van der Waals surface area contributed by atoms with E-state index >= 15 is 0 Å². The van der Waals surface area contributed by atoms with Crippen molar-refractivity contribution in [3.05, 3.63) is 34.6 Å². The Kier molecular flexibility index (Phi) is 4.99. The molecule has 1 aromatic rings. The standard InChI is InChI=1S/C14H10Cl2F3N5S/c15-7-3-8(16)5-9(4-7)25-13-22-10-11(20)21-6-24(12(10)23-13)2-1-14(17,18)19/h3-6H,1-2,20H2. The Morgan fingerprint density at radius 3 is 2.44 bits per heavy atom. The van der Waals surface area contributed by atoms with Gasteiger partial charge in [0.05, 0.1) is 12.7 Å². The number of anilines is 1. The Morgan fingerprint density at radius 1 is 1.12 bits per heavy atom. The molecule has 0 aliphatic carbocycles. The molecule has 1 aromatic carbocycles. The number of halogens is 5. The van der Waals surface area contributed by atoms with Crippen molar-refractivity contribution in [1.29, 1.82) is 0 Å². The molecule has 2 aliphatic heterocycles. The van der Waals surface area contributed by atoms with E-state index in [2.05, 4.69) is 15.0 Å². The fourth-order valence-corrected chi connectivity index (χ4v) is 3.59. The summed E-state index contributed by atoms with van der Waals surface area (Å²) < 4.78 is 38.7. The average molecular weight is 408 g/mol. The molecule has 0 amide bonds. The summed E-state index contributed by atoms with van der Waals surface area (Å²) in [5, 5.41) is 1.22. The second kappa shape index (κ2) is 6.89. The summed E-state index contributed by atoms with van der Waals surface area (Å²) in [6, 6.07) is 4.94.